The molecule has 5 nitrogen and oxygen atoms in total. The number of para-hydroxylation sites is 1. The minimum atomic E-state index is 0.775. The standard InChI is InChI=1S/C12H17N5/c1-9-4-3-5-10(12(9)13)14-7-6-11-15-8-17(2)16-11/h3-5,8,14H,6-7,13H2,1-2H3. The SMILES string of the molecule is Cc1cccc(NCCc2ncn(C)n2)c1N. The van der Waals surface area contributed by atoms with Crippen LogP contribution in [-0.2, 0) is 13.5 Å². The molecule has 0 unspecified atom stereocenters. The number of rotatable bonds is 4. The van der Waals surface area contributed by atoms with Gasteiger partial charge in [-0.05, 0) is 18.6 Å². The van der Waals surface area contributed by atoms with Crippen LogP contribution in [0.4, 0.5) is 11.4 Å². The summed E-state index contributed by atoms with van der Waals surface area (Å²) in [4.78, 5) is 4.17. The van der Waals surface area contributed by atoms with E-state index in [-0.39, 0.29) is 0 Å². The van der Waals surface area contributed by atoms with Crippen LogP contribution in [0, 0.1) is 6.92 Å². The molecule has 0 amide bonds. The molecule has 1 aromatic heterocycles. The van der Waals surface area contributed by atoms with Crippen molar-refractivity contribution in [1.29, 1.82) is 0 Å². The largest absolute Gasteiger partial charge is 0.397 e. The summed E-state index contributed by atoms with van der Waals surface area (Å²) in [7, 11) is 1.86. The van der Waals surface area contributed by atoms with Gasteiger partial charge in [-0.15, -0.1) is 0 Å². The maximum atomic E-state index is 5.97. The summed E-state index contributed by atoms with van der Waals surface area (Å²) < 4.78 is 1.70. The second-order valence-corrected chi connectivity index (χ2v) is 4.05. The van der Waals surface area contributed by atoms with E-state index in [4.69, 9.17) is 5.73 Å². The number of aryl methyl sites for hydroxylation is 2. The molecular weight excluding hydrogens is 214 g/mol. The first-order chi connectivity index (χ1) is 8.16. The van der Waals surface area contributed by atoms with Gasteiger partial charge in [-0.3, -0.25) is 4.68 Å². The lowest BCUT2D eigenvalue weighted by Crippen LogP contribution is -2.08. The number of hydrogen-bond acceptors (Lipinski definition) is 4. The fourth-order valence-corrected chi connectivity index (χ4v) is 1.64. The Morgan fingerprint density at radius 3 is 2.94 bits per heavy atom. The van der Waals surface area contributed by atoms with Crippen molar-refractivity contribution in [2.24, 2.45) is 7.05 Å². The third-order valence-electron chi connectivity index (χ3n) is 2.64. The van der Waals surface area contributed by atoms with E-state index in [2.05, 4.69) is 15.4 Å². The van der Waals surface area contributed by atoms with Crippen LogP contribution >= 0.6 is 0 Å². The Kier molecular flexibility index (Phi) is 3.27. The first-order valence-corrected chi connectivity index (χ1v) is 5.60. The number of aromatic nitrogens is 3. The maximum Gasteiger partial charge on any atom is 0.152 e. The number of nitrogens with one attached hydrogen (secondary N) is 1. The van der Waals surface area contributed by atoms with Gasteiger partial charge in [0, 0.05) is 20.0 Å². The zero-order valence-corrected chi connectivity index (χ0v) is 10.1. The van der Waals surface area contributed by atoms with Crippen LogP contribution in [0.5, 0.6) is 0 Å². The molecule has 1 aromatic carbocycles. The van der Waals surface area contributed by atoms with Crippen molar-refractivity contribution in [3.8, 4) is 0 Å². The number of anilines is 2. The fraction of sp³-hybridized carbons (Fsp3) is 0.333. The normalized spacial score (nSPS) is 10.5. The number of hydrogen-bond donors (Lipinski definition) is 2. The fourth-order valence-electron chi connectivity index (χ4n) is 1.64. The Labute approximate surface area is 101 Å². The van der Waals surface area contributed by atoms with Gasteiger partial charge in [0.05, 0.1) is 11.4 Å². The molecule has 0 aliphatic heterocycles. The Morgan fingerprint density at radius 2 is 2.24 bits per heavy atom. The van der Waals surface area contributed by atoms with Gasteiger partial charge < -0.3 is 11.1 Å². The number of nitrogen functional groups attached to an aromatic ring is 1. The van der Waals surface area contributed by atoms with Crippen LogP contribution < -0.4 is 11.1 Å². The van der Waals surface area contributed by atoms with Gasteiger partial charge in [0.2, 0.25) is 0 Å². The molecule has 3 N–H and O–H groups in total. The van der Waals surface area contributed by atoms with E-state index >= 15 is 0 Å². The molecule has 0 bridgehead atoms. The van der Waals surface area contributed by atoms with Crippen LogP contribution in [0.1, 0.15) is 11.4 Å². The van der Waals surface area contributed by atoms with Gasteiger partial charge in [0.15, 0.2) is 5.82 Å². The molecule has 0 fully saturated rings. The van der Waals surface area contributed by atoms with E-state index < -0.39 is 0 Å². The maximum absolute atomic E-state index is 5.97. The van der Waals surface area contributed by atoms with Crippen LogP contribution in [0.2, 0.25) is 0 Å². The topological polar surface area (TPSA) is 68.8 Å². The third kappa shape index (κ3) is 2.75. The van der Waals surface area contributed by atoms with Crippen LogP contribution in [0.15, 0.2) is 24.5 Å². The molecule has 0 aliphatic carbocycles. The molecule has 1 heterocycles. The Bertz CT molecular complexity index is 503. The lowest BCUT2D eigenvalue weighted by atomic mass is 10.1. The molecule has 0 radical (unpaired) electrons. The van der Waals surface area contributed by atoms with Crippen LogP contribution in [0.3, 0.4) is 0 Å². The summed E-state index contributed by atoms with van der Waals surface area (Å²) in [6, 6.07) is 5.97. The minimum Gasteiger partial charge on any atom is -0.397 e. The lowest BCUT2D eigenvalue weighted by Gasteiger charge is -2.09. The second kappa shape index (κ2) is 4.86. The Morgan fingerprint density at radius 1 is 1.41 bits per heavy atom. The van der Waals surface area contributed by atoms with Crippen molar-refractivity contribution < 1.29 is 0 Å². The molecule has 2 aromatic rings. The molecule has 0 spiro atoms. The van der Waals surface area contributed by atoms with E-state index in [0.717, 1.165) is 35.7 Å². The van der Waals surface area contributed by atoms with Crippen molar-refractivity contribution in [3.63, 3.8) is 0 Å². The van der Waals surface area contributed by atoms with Crippen LogP contribution in [-0.4, -0.2) is 21.3 Å². The molecule has 17 heavy (non-hydrogen) atoms. The summed E-state index contributed by atoms with van der Waals surface area (Å²) in [6.07, 6.45) is 2.49. The molecule has 0 aliphatic rings. The highest BCUT2D eigenvalue weighted by Crippen LogP contribution is 2.21. The summed E-state index contributed by atoms with van der Waals surface area (Å²) in [5.74, 6) is 0.839. The van der Waals surface area contributed by atoms with Crippen molar-refractivity contribution in [1.82, 2.24) is 14.8 Å². The predicted octanol–water partition coefficient (Wildman–Crippen LogP) is 1.36. The average Bonchev–Trinajstić information content (AvgIpc) is 2.70. The Balaban J connectivity index is 1.92. The zero-order valence-electron chi connectivity index (χ0n) is 10.1. The quantitative estimate of drug-likeness (QED) is 0.780. The molecular formula is C12H17N5. The molecule has 0 saturated carbocycles. The number of nitrogens with zero attached hydrogens (tertiary/aromatic N) is 3. The highest BCUT2D eigenvalue weighted by atomic mass is 15.3. The van der Waals surface area contributed by atoms with Gasteiger partial charge in [0.25, 0.3) is 0 Å². The molecule has 5 heteroatoms. The van der Waals surface area contributed by atoms with Gasteiger partial charge >= 0.3 is 0 Å². The smallest absolute Gasteiger partial charge is 0.152 e. The third-order valence-corrected chi connectivity index (χ3v) is 2.64. The van der Waals surface area contributed by atoms with Gasteiger partial charge in [-0.2, -0.15) is 5.10 Å². The summed E-state index contributed by atoms with van der Waals surface area (Å²) >= 11 is 0. The van der Waals surface area contributed by atoms with Gasteiger partial charge in [-0.1, -0.05) is 12.1 Å². The van der Waals surface area contributed by atoms with E-state index in [0.29, 0.717) is 0 Å². The van der Waals surface area contributed by atoms with E-state index in [1.807, 2.05) is 32.2 Å². The van der Waals surface area contributed by atoms with E-state index in [9.17, 15) is 0 Å². The number of nitrogens with two attached hydrogens (primary N) is 1. The highest BCUT2D eigenvalue weighted by molar-refractivity contribution is 5.69. The average molecular weight is 231 g/mol. The molecule has 2 rings (SSSR count). The summed E-state index contributed by atoms with van der Waals surface area (Å²) in [5.41, 5.74) is 8.84. The second-order valence-electron chi connectivity index (χ2n) is 4.05. The first-order valence-electron chi connectivity index (χ1n) is 5.60. The lowest BCUT2D eigenvalue weighted by molar-refractivity contribution is 0.742. The van der Waals surface area contributed by atoms with E-state index in [1.54, 1.807) is 11.0 Å². The van der Waals surface area contributed by atoms with Crippen molar-refractivity contribution >= 4 is 11.4 Å². The minimum absolute atomic E-state index is 0.775. The summed E-state index contributed by atoms with van der Waals surface area (Å²) in [6.45, 7) is 2.78. The van der Waals surface area contributed by atoms with Crippen molar-refractivity contribution in [3.05, 3.63) is 35.9 Å². The monoisotopic (exact) mass is 231 g/mol. The Hall–Kier alpha value is -2.04. The first kappa shape index (κ1) is 11.4. The zero-order chi connectivity index (χ0) is 12.3. The molecule has 0 saturated heterocycles. The summed E-state index contributed by atoms with van der Waals surface area (Å²) in [5, 5.41) is 7.51. The van der Waals surface area contributed by atoms with Crippen molar-refractivity contribution in [2.45, 2.75) is 13.3 Å². The van der Waals surface area contributed by atoms with E-state index in [1.165, 1.54) is 0 Å². The number of benzene rings is 1. The van der Waals surface area contributed by atoms with Gasteiger partial charge in [-0.25, -0.2) is 4.98 Å². The van der Waals surface area contributed by atoms with Crippen molar-refractivity contribution in [2.75, 3.05) is 17.6 Å². The molecule has 90 valence electrons. The van der Waals surface area contributed by atoms with Gasteiger partial charge in [0.1, 0.15) is 6.33 Å². The highest BCUT2D eigenvalue weighted by Gasteiger charge is 2.02. The van der Waals surface area contributed by atoms with Crippen LogP contribution in [0.25, 0.3) is 0 Å². The molecule has 0 atom stereocenters. The predicted molar refractivity (Wildman–Crippen MR) is 68.8 cm³/mol.